The van der Waals surface area contributed by atoms with Crippen LogP contribution < -0.4 is 5.30 Å². The maximum Gasteiger partial charge on any atom is 0.226 e. The molecule has 0 amide bonds. The van der Waals surface area contributed by atoms with Gasteiger partial charge in [0.05, 0.1) is 0 Å². The highest BCUT2D eigenvalue weighted by atomic mass is 31.2. The average Bonchev–Trinajstić information content (AvgIpc) is 2.84. The molecule has 0 aliphatic heterocycles. The Balaban J connectivity index is 0.00000120. The zero-order chi connectivity index (χ0) is 22.1. The van der Waals surface area contributed by atoms with Gasteiger partial charge in [0, 0.05) is 17.0 Å². The van der Waals surface area contributed by atoms with E-state index in [4.69, 9.17) is 0 Å². The van der Waals surface area contributed by atoms with Crippen molar-refractivity contribution in [3.63, 3.8) is 0 Å². The Kier molecular flexibility index (Phi) is 14.2. The van der Waals surface area contributed by atoms with Crippen LogP contribution in [0.2, 0.25) is 0 Å². The minimum absolute atomic E-state index is 0.242. The predicted octanol–water partition coefficient (Wildman–Crippen LogP) is 7.79. The van der Waals surface area contributed by atoms with Crippen LogP contribution in [0.5, 0.6) is 0 Å². The standard InChI is InChI=1S/C20H17O2P.3C2H6/c21-20(18-12-6-2-7-13-18)23(22,19-14-8-3-9-15-19)16-17-10-4-1-5-11-17;3*1-2/h1-15H,16H2;3*1-2H3. The summed E-state index contributed by atoms with van der Waals surface area (Å²) in [6.45, 7) is 12.0. The van der Waals surface area contributed by atoms with Crippen molar-refractivity contribution in [3.05, 3.63) is 102 Å². The van der Waals surface area contributed by atoms with Crippen molar-refractivity contribution in [2.24, 2.45) is 0 Å². The molecule has 2 nitrogen and oxygen atoms in total. The van der Waals surface area contributed by atoms with Crippen molar-refractivity contribution in [1.82, 2.24) is 0 Å². The first-order valence-corrected chi connectivity index (χ1v) is 12.4. The largest absolute Gasteiger partial charge is 0.310 e. The Labute approximate surface area is 177 Å². The lowest BCUT2D eigenvalue weighted by molar-refractivity contribution is 0.107. The topological polar surface area (TPSA) is 34.1 Å². The third kappa shape index (κ3) is 7.83. The zero-order valence-electron chi connectivity index (χ0n) is 18.6. The second-order valence-electron chi connectivity index (χ2n) is 5.39. The van der Waals surface area contributed by atoms with Gasteiger partial charge in [-0.2, -0.15) is 0 Å². The smallest absolute Gasteiger partial charge is 0.226 e. The molecule has 0 fully saturated rings. The minimum atomic E-state index is -3.25. The summed E-state index contributed by atoms with van der Waals surface area (Å²) in [7, 11) is -3.25. The minimum Gasteiger partial charge on any atom is -0.310 e. The van der Waals surface area contributed by atoms with Crippen LogP contribution in [-0.4, -0.2) is 5.52 Å². The molecule has 1 unspecified atom stereocenters. The van der Waals surface area contributed by atoms with Gasteiger partial charge < -0.3 is 4.57 Å². The molecule has 0 spiro atoms. The van der Waals surface area contributed by atoms with Crippen molar-refractivity contribution in [3.8, 4) is 0 Å². The molecule has 3 rings (SSSR count). The van der Waals surface area contributed by atoms with Gasteiger partial charge in [0.15, 0.2) is 7.14 Å². The molecule has 1 atom stereocenters. The van der Waals surface area contributed by atoms with E-state index in [1.54, 1.807) is 36.4 Å². The fourth-order valence-electron chi connectivity index (χ4n) is 2.58. The fourth-order valence-corrected chi connectivity index (χ4v) is 5.08. The summed E-state index contributed by atoms with van der Waals surface area (Å²) in [6, 6.07) is 27.5. The third-order valence-corrected chi connectivity index (χ3v) is 6.63. The lowest BCUT2D eigenvalue weighted by Gasteiger charge is -2.18. The van der Waals surface area contributed by atoms with Crippen LogP contribution in [0.1, 0.15) is 57.5 Å². The van der Waals surface area contributed by atoms with Crippen molar-refractivity contribution < 1.29 is 9.36 Å². The number of rotatable bonds is 5. The number of hydrogen-bond acceptors (Lipinski definition) is 2. The van der Waals surface area contributed by atoms with Gasteiger partial charge in [-0.1, -0.05) is 133 Å². The molecular weight excluding hydrogens is 375 g/mol. The molecule has 0 saturated heterocycles. The Morgan fingerprint density at radius 1 is 0.621 bits per heavy atom. The SMILES string of the molecule is CC.CC.CC.O=C(c1ccccc1)P(=O)(Cc1ccccc1)c1ccccc1. The van der Waals surface area contributed by atoms with E-state index in [0.717, 1.165) is 5.56 Å². The summed E-state index contributed by atoms with van der Waals surface area (Å²) in [6.07, 6.45) is 0.242. The van der Waals surface area contributed by atoms with Crippen molar-refractivity contribution in [1.29, 1.82) is 0 Å². The van der Waals surface area contributed by atoms with Gasteiger partial charge in [-0.25, -0.2) is 0 Å². The van der Waals surface area contributed by atoms with Crippen LogP contribution in [0.4, 0.5) is 0 Å². The first kappa shape index (κ1) is 26.6. The van der Waals surface area contributed by atoms with Gasteiger partial charge in [-0.15, -0.1) is 0 Å². The zero-order valence-corrected chi connectivity index (χ0v) is 19.5. The molecule has 0 heterocycles. The number of carbonyl (C=O) groups is 1. The molecular formula is C26H35O2P. The number of carbonyl (C=O) groups excluding carboxylic acids is 1. The van der Waals surface area contributed by atoms with Gasteiger partial charge >= 0.3 is 0 Å². The first-order valence-electron chi connectivity index (χ1n) is 10.5. The van der Waals surface area contributed by atoms with Crippen LogP contribution in [0.15, 0.2) is 91.0 Å². The van der Waals surface area contributed by atoms with E-state index < -0.39 is 7.14 Å². The Morgan fingerprint density at radius 3 is 1.45 bits per heavy atom. The molecule has 3 aromatic rings. The van der Waals surface area contributed by atoms with Crippen LogP contribution >= 0.6 is 7.14 Å². The third-order valence-electron chi connectivity index (χ3n) is 3.77. The number of benzene rings is 3. The molecule has 0 saturated carbocycles. The van der Waals surface area contributed by atoms with Gasteiger partial charge in [0.2, 0.25) is 5.52 Å². The summed E-state index contributed by atoms with van der Waals surface area (Å²) in [5, 5.41) is 0.609. The Hall–Kier alpha value is -2.44. The van der Waals surface area contributed by atoms with Crippen LogP contribution in [-0.2, 0) is 10.7 Å². The van der Waals surface area contributed by atoms with Gasteiger partial charge in [-0.3, -0.25) is 4.79 Å². The normalized spacial score (nSPS) is 11.1. The maximum atomic E-state index is 13.7. The Morgan fingerprint density at radius 2 is 1.00 bits per heavy atom. The molecule has 3 aromatic carbocycles. The molecule has 0 aromatic heterocycles. The van der Waals surface area contributed by atoms with Crippen molar-refractivity contribution in [2.45, 2.75) is 47.7 Å². The molecule has 0 aliphatic rings. The van der Waals surface area contributed by atoms with E-state index in [1.165, 1.54) is 0 Å². The second kappa shape index (κ2) is 15.5. The summed E-state index contributed by atoms with van der Waals surface area (Å²) in [4.78, 5) is 13.0. The average molecular weight is 411 g/mol. The van der Waals surface area contributed by atoms with E-state index >= 15 is 0 Å². The maximum absolute atomic E-state index is 13.7. The summed E-state index contributed by atoms with van der Waals surface area (Å²) in [5.41, 5.74) is 1.12. The van der Waals surface area contributed by atoms with Crippen molar-refractivity contribution in [2.75, 3.05) is 0 Å². The highest BCUT2D eigenvalue weighted by Gasteiger charge is 2.34. The number of hydrogen-bond donors (Lipinski definition) is 0. The monoisotopic (exact) mass is 410 g/mol. The molecule has 0 radical (unpaired) electrons. The summed E-state index contributed by atoms with van der Waals surface area (Å²) < 4.78 is 13.7. The van der Waals surface area contributed by atoms with E-state index in [-0.39, 0.29) is 11.7 Å². The molecule has 156 valence electrons. The molecule has 0 N–H and O–H groups in total. The van der Waals surface area contributed by atoms with Crippen LogP contribution in [0.25, 0.3) is 0 Å². The molecule has 3 heteroatoms. The van der Waals surface area contributed by atoms with Crippen molar-refractivity contribution >= 4 is 18.0 Å². The van der Waals surface area contributed by atoms with Crippen LogP contribution in [0.3, 0.4) is 0 Å². The lowest BCUT2D eigenvalue weighted by Crippen LogP contribution is -2.15. The highest BCUT2D eigenvalue weighted by molar-refractivity contribution is 7.86. The highest BCUT2D eigenvalue weighted by Crippen LogP contribution is 2.50. The predicted molar refractivity (Wildman–Crippen MR) is 129 cm³/mol. The summed E-state index contributed by atoms with van der Waals surface area (Å²) >= 11 is 0. The molecule has 0 aliphatic carbocycles. The lowest BCUT2D eigenvalue weighted by atomic mass is 10.2. The summed E-state index contributed by atoms with van der Waals surface area (Å²) in [5.74, 6) is 0. The van der Waals surface area contributed by atoms with E-state index in [1.807, 2.05) is 96.1 Å². The van der Waals surface area contributed by atoms with E-state index in [9.17, 15) is 9.36 Å². The first-order chi connectivity index (χ1) is 14.2. The second-order valence-corrected chi connectivity index (χ2v) is 8.11. The van der Waals surface area contributed by atoms with Crippen LogP contribution in [0, 0.1) is 0 Å². The molecule has 29 heavy (non-hydrogen) atoms. The quantitative estimate of drug-likeness (QED) is 0.402. The van der Waals surface area contributed by atoms with E-state index in [0.29, 0.717) is 10.9 Å². The van der Waals surface area contributed by atoms with Gasteiger partial charge in [-0.05, 0) is 5.56 Å². The Bertz CT molecular complexity index is 828. The van der Waals surface area contributed by atoms with Gasteiger partial charge in [0.25, 0.3) is 0 Å². The fraction of sp³-hybridized carbons (Fsp3) is 0.269. The molecule has 0 bridgehead atoms. The van der Waals surface area contributed by atoms with Gasteiger partial charge in [0.1, 0.15) is 0 Å². The van der Waals surface area contributed by atoms with E-state index in [2.05, 4.69) is 0 Å².